The third-order valence-corrected chi connectivity index (χ3v) is 4.79. The molecular weight excluding hydrogens is 329 g/mol. The zero-order chi connectivity index (χ0) is 16.8. The van der Waals surface area contributed by atoms with Crippen LogP contribution in [0.2, 0.25) is 0 Å². The maximum Gasteiger partial charge on any atom is 0.276 e. The van der Waals surface area contributed by atoms with E-state index in [0.717, 1.165) is 24.6 Å². The zero-order valence-electron chi connectivity index (χ0n) is 13.3. The molecule has 0 aliphatic carbocycles. The average molecular weight is 349 g/mol. The molecule has 8 heteroatoms. The number of amides is 1. The molecule has 1 N–H and O–H groups in total. The van der Waals surface area contributed by atoms with E-state index >= 15 is 0 Å². The van der Waals surface area contributed by atoms with Crippen molar-refractivity contribution >= 4 is 17.7 Å². The summed E-state index contributed by atoms with van der Waals surface area (Å²) in [5.74, 6) is 1.68. The Morgan fingerprint density at radius 2 is 2.08 bits per heavy atom. The van der Waals surface area contributed by atoms with Gasteiger partial charge in [-0.3, -0.25) is 9.48 Å². The lowest BCUT2D eigenvalue weighted by molar-refractivity contribution is 0.0766. The number of thioether (sulfide) groups is 1. The summed E-state index contributed by atoms with van der Waals surface area (Å²) in [7, 11) is 0. The fourth-order valence-corrected chi connectivity index (χ4v) is 3.40. The van der Waals surface area contributed by atoms with Gasteiger partial charge < -0.3 is 10.2 Å². The van der Waals surface area contributed by atoms with Gasteiger partial charge in [0.1, 0.15) is 5.82 Å². The van der Waals surface area contributed by atoms with Crippen LogP contribution >= 0.6 is 11.8 Å². The molecule has 0 bridgehead atoms. The van der Waals surface area contributed by atoms with E-state index in [9.17, 15) is 9.18 Å². The number of rotatable bonds is 6. The number of aromatic nitrogens is 3. The zero-order valence-corrected chi connectivity index (χ0v) is 14.1. The van der Waals surface area contributed by atoms with E-state index in [4.69, 9.17) is 0 Å². The van der Waals surface area contributed by atoms with Crippen molar-refractivity contribution in [1.29, 1.82) is 0 Å². The van der Waals surface area contributed by atoms with Crippen LogP contribution in [-0.4, -0.2) is 56.9 Å². The average Bonchev–Trinajstić information content (AvgIpc) is 3.09. The first-order valence-corrected chi connectivity index (χ1v) is 9.11. The Bertz CT molecular complexity index is 687. The summed E-state index contributed by atoms with van der Waals surface area (Å²) in [5, 5.41) is 11.1. The molecule has 2 aromatic rings. The number of nitrogens with zero attached hydrogens (tertiary/aromatic N) is 4. The predicted octanol–water partition coefficient (Wildman–Crippen LogP) is 1.40. The van der Waals surface area contributed by atoms with Crippen LogP contribution < -0.4 is 5.32 Å². The Morgan fingerprint density at radius 3 is 2.88 bits per heavy atom. The second-order valence-electron chi connectivity index (χ2n) is 5.54. The highest BCUT2D eigenvalue weighted by molar-refractivity contribution is 7.99. The molecular formula is C16H20FN5OS. The minimum atomic E-state index is -0.210. The van der Waals surface area contributed by atoms with Gasteiger partial charge >= 0.3 is 0 Å². The van der Waals surface area contributed by atoms with Crippen molar-refractivity contribution < 1.29 is 9.18 Å². The molecule has 6 nitrogen and oxygen atoms in total. The Balaban J connectivity index is 1.46. The van der Waals surface area contributed by atoms with Crippen molar-refractivity contribution in [2.24, 2.45) is 0 Å². The minimum Gasteiger partial charge on any atom is -0.336 e. The smallest absolute Gasteiger partial charge is 0.276 e. The topological polar surface area (TPSA) is 63.1 Å². The number of halogens is 1. The molecule has 0 spiro atoms. The molecule has 0 unspecified atom stereocenters. The normalized spacial score (nSPS) is 14.8. The summed E-state index contributed by atoms with van der Waals surface area (Å²) < 4.78 is 15.1. The maximum atomic E-state index is 13.5. The van der Waals surface area contributed by atoms with E-state index in [1.165, 1.54) is 6.07 Å². The number of hydrogen-bond acceptors (Lipinski definition) is 5. The van der Waals surface area contributed by atoms with Gasteiger partial charge in [0.15, 0.2) is 5.69 Å². The molecule has 1 fully saturated rings. The van der Waals surface area contributed by atoms with Crippen LogP contribution in [0.3, 0.4) is 0 Å². The highest BCUT2D eigenvalue weighted by Gasteiger charge is 2.20. The van der Waals surface area contributed by atoms with Crippen LogP contribution in [0.1, 0.15) is 16.1 Å². The summed E-state index contributed by atoms with van der Waals surface area (Å²) in [4.78, 5) is 14.1. The Kier molecular flexibility index (Phi) is 5.81. The Morgan fingerprint density at radius 1 is 1.29 bits per heavy atom. The lowest BCUT2D eigenvalue weighted by Crippen LogP contribution is -2.38. The van der Waals surface area contributed by atoms with Gasteiger partial charge in [0.05, 0.1) is 12.7 Å². The number of carbonyl (C=O) groups excluding carboxylic acids is 1. The molecule has 1 aromatic carbocycles. The van der Waals surface area contributed by atoms with E-state index in [1.807, 2.05) is 22.7 Å². The van der Waals surface area contributed by atoms with Gasteiger partial charge in [-0.05, 0) is 6.07 Å². The van der Waals surface area contributed by atoms with Gasteiger partial charge in [0, 0.05) is 43.2 Å². The molecule has 1 amide bonds. The van der Waals surface area contributed by atoms with Crippen molar-refractivity contribution in [3.05, 3.63) is 47.5 Å². The fourth-order valence-electron chi connectivity index (χ4n) is 2.49. The van der Waals surface area contributed by atoms with Gasteiger partial charge in [-0.1, -0.05) is 23.4 Å². The van der Waals surface area contributed by atoms with Gasteiger partial charge in [0.25, 0.3) is 5.91 Å². The summed E-state index contributed by atoms with van der Waals surface area (Å²) in [5.41, 5.74) is 1.02. The molecule has 1 aliphatic heterocycles. The molecule has 0 radical (unpaired) electrons. The van der Waals surface area contributed by atoms with Gasteiger partial charge in [0.2, 0.25) is 0 Å². The quantitative estimate of drug-likeness (QED) is 0.799. The van der Waals surface area contributed by atoms with Gasteiger partial charge in [-0.25, -0.2) is 4.39 Å². The first-order chi connectivity index (χ1) is 11.7. The maximum absolute atomic E-state index is 13.5. The molecule has 128 valence electrons. The Labute approximate surface area is 144 Å². The molecule has 0 saturated carbocycles. The standard InChI is InChI=1S/C16H20FN5OS/c17-14-4-2-1-3-13(14)11-18-5-6-22-12-15(19-20-22)16(23)21-7-9-24-10-8-21/h1-4,12,18H,5-11H2. The predicted molar refractivity (Wildman–Crippen MR) is 91.4 cm³/mol. The number of carbonyl (C=O) groups is 1. The molecule has 0 atom stereocenters. The van der Waals surface area contributed by atoms with Crippen molar-refractivity contribution in [3.63, 3.8) is 0 Å². The van der Waals surface area contributed by atoms with Crippen molar-refractivity contribution in [2.45, 2.75) is 13.1 Å². The highest BCUT2D eigenvalue weighted by atomic mass is 32.2. The van der Waals surface area contributed by atoms with Crippen LogP contribution in [0.15, 0.2) is 30.5 Å². The van der Waals surface area contributed by atoms with Crippen LogP contribution in [0.25, 0.3) is 0 Å². The van der Waals surface area contributed by atoms with E-state index in [1.54, 1.807) is 23.0 Å². The van der Waals surface area contributed by atoms with Gasteiger partial charge in [-0.2, -0.15) is 11.8 Å². The second kappa shape index (κ2) is 8.25. The number of nitrogens with one attached hydrogen (secondary N) is 1. The number of hydrogen-bond donors (Lipinski definition) is 1. The van der Waals surface area contributed by atoms with Crippen molar-refractivity contribution in [1.82, 2.24) is 25.2 Å². The van der Waals surface area contributed by atoms with Crippen LogP contribution in [-0.2, 0) is 13.1 Å². The molecule has 3 rings (SSSR count). The number of benzene rings is 1. The molecule has 24 heavy (non-hydrogen) atoms. The fraction of sp³-hybridized carbons (Fsp3) is 0.438. The third kappa shape index (κ3) is 4.33. The van der Waals surface area contributed by atoms with E-state index in [2.05, 4.69) is 15.6 Å². The highest BCUT2D eigenvalue weighted by Crippen LogP contribution is 2.11. The molecule has 1 aliphatic rings. The van der Waals surface area contributed by atoms with E-state index in [-0.39, 0.29) is 11.7 Å². The van der Waals surface area contributed by atoms with Gasteiger partial charge in [-0.15, -0.1) is 5.10 Å². The Hall–Kier alpha value is -1.93. The minimum absolute atomic E-state index is 0.0548. The molecule has 1 aromatic heterocycles. The lowest BCUT2D eigenvalue weighted by Gasteiger charge is -2.25. The first kappa shape index (κ1) is 16.9. The summed E-state index contributed by atoms with van der Waals surface area (Å²) in [6.07, 6.45) is 1.68. The monoisotopic (exact) mass is 349 g/mol. The van der Waals surface area contributed by atoms with E-state index in [0.29, 0.717) is 30.9 Å². The lowest BCUT2D eigenvalue weighted by atomic mass is 10.2. The van der Waals surface area contributed by atoms with E-state index < -0.39 is 0 Å². The first-order valence-electron chi connectivity index (χ1n) is 7.95. The SMILES string of the molecule is O=C(c1cn(CCNCc2ccccc2F)nn1)N1CCSCC1. The van der Waals surface area contributed by atoms with Crippen LogP contribution in [0, 0.1) is 5.82 Å². The second-order valence-corrected chi connectivity index (χ2v) is 6.76. The molecule has 1 saturated heterocycles. The summed E-state index contributed by atoms with van der Waals surface area (Å²) >= 11 is 1.86. The largest absolute Gasteiger partial charge is 0.336 e. The third-order valence-electron chi connectivity index (χ3n) is 3.85. The molecule has 2 heterocycles. The summed E-state index contributed by atoms with van der Waals surface area (Å²) in [6, 6.07) is 6.69. The van der Waals surface area contributed by atoms with Crippen molar-refractivity contribution in [3.8, 4) is 0 Å². The van der Waals surface area contributed by atoms with Crippen molar-refractivity contribution in [2.75, 3.05) is 31.1 Å². The van der Waals surface area contributed by atoms with Crippen LogP contribution in [0.5, 0.6) is 0 Å². The van der Waals surface area contributed by atoms with Crippen LogP contribution in [0.4, 0.5) is 4.39 Å². The summed E-state index contributed by atoms with van der Waals surface area (Å²) in [6.45, 7) is 3.18.